The van der Waals surface area contributed by atoms with Gasteiger partial charge in [0.1, 0.15) is 12.1 Å². The first kappa shape index (κ1) is 13.9. The molecule has 5 unspecified atom stereocenters. The molecule has 20 heavy (non-hydrogen) atoms. The van der Waals surface area contributed by atoms with Crippen LogP contribution in [0, 0.1) is 11.8 Å². The summed E-state index contributed by atoms with van der Waals surface area (Å²) in [5, 5.41) is 0. The summed E-state index contributed by atoms with van der Waals surface area (Å²) in [4.78, 5) is 29.3. The predicted octanol–water partition coefficient (Wildman–Crippen LogP) is 2.03. The van der Waals surface area contributed by atoms with E-state index in [4.69, 9.17) is 0 Å². The zero-order valence-corrected chi connectivity index (χ0v) is 12.8. The number of carbonyl (C=O) groups excluding carboxylic acids is 2. The van der Waals surface area contributed by atoms with Crippen molar-refractivity contribution in [3.8, 4) is 0 Å². The van der Waals surface area contributed by atoms with Gasteiger partial charge >= 0.3 is 0 Å². The minimum atomic E-state index is -0.269. The molecule has 5 atom stereocenters. The lowest BCUT2D eigenvalue weighted by atomic mass is 9.91. The minimum Gasteiger partial charge on any atom is -0.329 e. The molecule has 2 heterocycles. The van der Waals surface area contributed by atoms with Crippen LogP contribution in [0.5, 0.6) is 0 Å². The SMILES string of the molecule is CC1CCC(N2C(=O)C3CCCCN3C(=O)C2C)C1C. The minimum absolute atomic E-state index is 0.168. The van der Waals surface area contributed by atoms with E-state index in [9.17, 15) is 9.59 Å². The van der Waals surface area contributed by atoms with Crippen molar-refractivity contribution >= 4 is 11.8 Å². The maximum absolute atomic E-state index is 12.9. The maximum Gasteiger partial charge on any atom is 0.246 e. The Morgan fingerprint density at radius 2 is 1.70 bits per heavy atom. The highest BCUT2D eigenvalue weighted by molar-refractivity contribution is 5.97. The summed E-state index contributed by atoms with van der Waals surface area (Å²) < 4.78 is 0. The number of nitrogens with zero attached hydrogens (tertiary/aromatic N) is 2. The second-order valence-electron chi connectivity index (χ2n) is 6.95. The smallest absolute Gasteiger partial charge is 0.246 e. The van der Waals surface area contributed by atoms with Crippen LogP contribution in [0.1, 0.15) is 52.9 Å². The fourth-order valence-electron chi connectivity index (χ4n) is 4.36. The molecule has 4 heteroatoms. The van der Waals surface area contributed by atoms with Gasteiger partial charge < -0.3 is 9.80 Å². The van der Waals surface area contributed by atoms with Crippen molar-refractivity contribution in [3.63, 3.8) is 0 Å². The fourth-order valence-corrected chi connectivity index (χ4v) is 4.36. The Morgan fingerprint density at radius 1 is 0.950 bits per heavy atom. The highest BCUT2D eigenvalue weighted by atomic mass is 16.2. The van der Waals surface area contributed by atoms with E-state index in [1.54, 1.807) is 0 Å². The molecule has 0 aromatic rings. The first-order valence-electron chi connectivity index (χ1n) is 8.15. The van der Waals surface area contributed by atoms with Crippen LogP contribution < -0.4 is 0 Å². The molecule has 2 amide bonds. The number of piperazine rings is 1. The van der Waals surface area contributed by atoms with Crippen molar-refractivity contribution in [2.75, 3.05) is 6.54 Å². The van der Waals surface area contributed by atoms with Gasteiger partial charge in [0.15, 0.2) is 0 Å². The van der Waals surface area contributed by atoms with Crippen LogP contribution in [0.3, 0.4) is 0 Å². The number of piperidine rings is 1. The molecule has 0 N–H and O–H groups in total. The Labute approximate surface area is 121 Å². The molecule has 0 bridgehead atoms. The van der Waals surface area contributed by atoms with Crippen molar-refractivity contribution in [3.05, 3.63) is 0 Å². The van der Waals surface area contributed by atoms with Crippen LogP contribution in [0.2, 0.25) is 0 Å². The summed E-state index contributed by atoms with van der Waals surface area (Å²) in [5.41, 5.74) is 0. The fraction of sp³-hybridized carbons (Fsp3) is 0.875. The third-order valence-corrected chi connectivity index (χ3v) is 5.88. The summed E-state index contributed by atoms with van der Waals surface area (Å²) in [5.74, 6) is 1.53. The van der Waals surface area contributed by atoms with Crippen LogP contribution >= 0.6 is 0 Å². The van der Waals surface area contributed by atoms with Crippen molar-refractivity contribution in [2.45, 2.75) is 71.0 Å². The summed E-state index contributed by atoms with van der Waals surface area (Å²) in [6, 6.07) is -0.175. The molecule has 0 aromatic heterocycles. The van der Waals surface area contributed by atoms with Crippen LogP contribution in [0.4, 0.5) is 0 Å². The van der Waals surface area contributed by atoms with E-state index in [2.05, 4.69) is 13.8 Å². The van der Waals surface area contributed by atoms with Crippen molar-refractivity contribution in [1.29, 1.82) is 0 Å². The molecular formula is C16H26N2O2. The molecule has 2 saturated heterocycles. The van der Waals surface area contributed by atoms with Gasteiger partial charge in [0.2, 0.25) is 11.8 Å². The Morgan fingerprint density at radius 3 is 2.35 bits per heavy atom. The second-order valence-corrected chi connectivity index (χ2v) is 6.95. The summed E-state index contributed by atoms with van der Waals surface area (Å²) >= 11 is 0. The summed E-state index contributed by atoms with van der Waals surface area (Å²) in [6.07, 6.45) is 5.19. The van der Waals surface area contributed by atoms with Crippen LogP contribution in [-0.2, 0) is 9.59 Å². The number of hydrogen-bond acceptors (Lipinski definition) is 2. The molecule has 1 saturated carbocycles. The maximum atomic E-state index is 12.9. The average molecular weight is 278 g/mol. The largest absolute Gasteiger partial charge is 0.329 e. The van der Waals surface area contributed by atoms with E-state index in [0.29, 0.717) is 11.8 Å². The van der Waals surface area contributed by atoms with Gasteiger partial charge in [0.25, 0.3) is 0 Å². The van der Waals surface area contributed by atoms with Gasteiger partial charge in [-0.15, -0.1) is 0 Å². The average Bonchev–Trinajstić information content (AvgIpc) is 2.78. The molecule has 3 fully saturated rings. The molecule has 112 valence electrons. The predicted molar refractivity (Wildman–Crippen MR) is 77.0 cm³/mol. The molecule has 0 radical (unpaired) electrons. The molecule has 1 aliphatic carbocycles. The highest BCUT2D eigenvalue weighted by Gasteiger charge is 2.49. The third kappa shape index (κ3) is 1.95. The van der Waals surface area contributed by atoms with E-state index < -0.39 is 0 Å². The molecule has 4 nitrogen and oxygen atoms in total. The number of carbonyl (C=O) groups is 2. The van der Waals surface area contributed by atoms with E-state index >= 15 is 0 Å². The third-order valence-electron chi connectivity index (χ3n) is 5.88. The normalized spacial score (nSPS) is 42.0. The van der Waals surface area contributed by atoms with Gasteiger partial charge in [0.05, 0.1) is 0 Å². The van der Waals surface area contributed by atoms with Crippen LogP contribution in [0.25, 0.3) is 0 Å². The topological polar surface area (TPSA) is 40.6 Å². The van der Waals surface area contributed by atoms with Gasteiger partial charge in [-0.2, -0.15) is 0 Å². The number of hydrogen-bond donors (Lipinski definition) is 0. The molecule has 3 rings (SSSR count). The second kappa shape index (κ2) is 5.05. The molecule has 3 aliphatic rings. The zero-order chi connectivity index (χ0) is 14.4. The van der Waals surface area contributed by atoms with Gasteiger partial charge in [0, 0.05) is 12.6 Å². The van der Waals surface area contributed by atoms with E-state index in [0.717, 1.165) is 32.2 Å². The molecule has 2 aliphatic heterocycles. The number of fused-ring (bicyclic) bond motifs is 1. The lowest BCUT2D eigenvalue weighted by Gasteiger charge is -2.49. The van der Waals surface area contributed by atoms with Crippen LogP contribution in [0.15, 0.2) is 0 Å². The van der Waals surface area contributed by atoms with Gasteiger partial charge in [-0.1, -0.05) is 13.8 Å². The zero-order valence-electron chi connectivity index (χ0n) is 12.8. The standard InChI is InChI=1S/C16H26N2O2/c1-10-7-8-13(11(10)2)18-12(3)15(19)17-9-5-4-6-14(17)16(18)20/h10-14H,4-9H2,1-3H3. The first-order valence-corrected chi connectivity index (χ1v) is 8.15. The van der Waals surface area contributed by atoms with Crippen LogP contribution in [-0.4, -0.2) is 46.3 Å². The quantitative estimate of drug-likeness (QED) is 0.736. The van der Waals surface area contributed by atoms with Crippen molar-refractivity contribution in [2.24, 2.45) is 11.8 Å². The van der Waals surface area contributed by atoms with Gasteiger partial charge in [-0.25, -0.2) is 0 Å². The molecule has 0 aromatic carbocycles. The van der Waals surface area contributed by atoms with Gasteiger partial charge in [-0.3, -0.25) is 9.59 Å². The molecular weight excluding hydrogens is 252 g/mol. The Kier molecular flexibility index (Phi) is 3.51. The van der Waals surface area contributed by atoms with E-state index in [-0.39, 0.29) is 29.9 Å². The lowest BCUT2D eigenvalue weighted by Crippen LogP contribution is -2.67. The van der Waals surface area contributed by atoms with Crippen molar-refractivity contribution < 1.29 is 9.59 Å². The highest BCUT2D eigenvalue weighted by Crippen LogP contribution is 2.38. The lowest BCUT2D eigenvalue weighted by molar-refractivity contribution is -0.166. The Balaban J connectivity index is 1.87. The monoisotopic (exact) mass is 278 g/mol. The first-order chi connectivity index (χ1) is 9.52. The van der Waals surface area contributed by atoms with Crippen molar-refractivity contribution in [1.82, 2.24) is 9.80 Å². The van der Waals surface area contributed by atoms with E-state index in [1.165, 1.54) is 6.42 Å². The number of amides is 2. The summed E-state index contributed by atoms with van der Waals surface area (Å²) in [7, 11) is 0. The number of rotatable bonds is 1. The van der Waals surface area contributed by atoms with E-state index in [1.807, 2.05) is 16.7 Å². The molecule has 0 spiro atoms. The Hall–Kier alpha value is -1.06. The Bertz CT molecular complexity index is 423. The summed E-state index contributed by atoms with van der Waals surface area (Å²) in [6.45, 7) is 7.18. The van der Waals surface area contributed by atoms with Gasteiger partial charge in [-0.05, 0) is 50.9 Å².